The molecule has 0 fully saturated rings. The van der Waals surface area contributed by atoms with Crippen LogP contribution in [0.15, 0.2) is 0 Å². The number of rotatable bonds is 0. The van der Waals surface area contributed by atoms with Gasteiger partial charge in [-0.15, -0.1) is 0 Å². The maximum atomic E-state index is 9.00. The molecule has 2 nitrogen and oxygen atoms in total. The molecule has 0 atom stereocenters. The van der Waals surface area contributed by atoms with Crippen LogP contribution in [0, 0.1) is 77.3 Å². The van der Waals surface area contributed by atoms with Crippen LogP contribution < -0.4 is 0 Å². The van der Waals surface area contributed by atoms with Gasteiger partial charge in [0.2, 0.25) is 0 Å². The first-order valence-corrected chi connectivity index (χ1v) is 0.928. The zero-order chi connectivity index (χ0) is 3.58. The zero-order valence-electron chi connectivity index (χ0n) is 3.43. The van der Waals surface area contributed by atoms with Crippen molar-refractivity contribution in [3.63, 3.8) is 0 Å². The van der Waals surface area contributed by atoms with E-state index in [4.69, 9.17) is 9.90 Å². The van der Waals surface area contributed by atoms with Crippen LogP contribution in [-0.4, -0.2) is 11.1 Å². The molecule has 0 aliphatic rings. The van der Waals surface area contributed by atoms with Gasteiger partial charge in [0, 0.05) is 84.3 Å². The van der Waals surface area contributed by atoms with E-state index in [1.807, 2.05) is 0 Å². The van der Waals surface area contributed by atoms with E-state index in [0.29, 0.717) is 0 Å². The number of carboxylic acids is 1. The van der Waals surface area contributed by atoms with Crippen molar-refractivity contribution in [2.75, 3.05) is 0 Å². The van der Waals surface area contributed by atoms with E-state index < -0.39 is 5.97 Å². The average molecular weight is 339 g/mol. The van der Waals surface area contributed by atoms with E-state index in [1.165, 1.54) is 0 Å². The largest absolute Gasteiger partial charge is 0.481 e. The molecule has 4 heteroatoms. The Morgan fingerprint density at radius 3 is 1.67 bits per heavy atom. The van der Waals surface area contributed by atoms with Gasteiger partial charge in [0.15, 0.2) is 0 Å². The van der Waals surface area contributed by atoms with E-state index in [0.717, 1.165) is 6.92 Å². The SMILES string of the molecule is CC(=O)O.[Ce].[La]. The molecule has 0 aliphatic carbocycles. The molecule has 0 saturated heterocycles. The van der Waals surface area contributed by atoms with E-state index in [9.17, 15) is 0 Å². The first kappa shape index (κ1) is 15.7. The van der Waals surface area contributed by atoms with Crippen LogP contribution in [0.5, 0.6) is 0 Å². The van der Waals surface area contributed by atoms with Gasteiger partial charge in [-0.2, -0.15) is 0 Å². The Hall–Kier alpha value is 2.04. The molecule has 0 aromatic heterocycles. The van der Waals surface area contributed by atoms with Gasteiger partial charge in [0.1, 0.15) is 0 Å². The molecule has 1 radical (unpaired) electrons. The van der Waals surface area contributed by atoms with Gasteiger partial charge in [-0.3, -0.25) is 4.79 Å². The van der Waals surface area contributed by atoms with E-state index in [2.05, 4.69) is 0 Å². The quantitative estimate of drug-likeness (QED) is 0.679. The topological polar surface area (TPSA) is 37.3 Å². The summed E-state index contributed by atoms with van der Waals surface area (Å²) < 4.78 is 0. The molecular formula is C2H4CeLaO2. The number of hydrogen-bond donors (Lipinski definition) is 1. The van der Waals surface area contributed by atoms with Crippen LogP contribution in [0.3, 0.4) is 0 Å². The molecule has 0 spiro atoms. The van der Waals surface area contributed by atoms with Crippen molar-refractivity contribution in [1.82, 2.24) is 0 Å². The zero-order valence-corrected chi connectivity index (χ0v) is 10.2. The van der Waals surface area contributed by atoms with Crippen LogP contribution in [0.2, 0.25) is 0 Å². The van der Waals surface area contributed by atoms with E-state index in [-0.39, 0.29) is 77.3 Å². The van der Waals surface area contributed by atoms with Gasteiger partial charge in [-0.05, 0) is 0 Å². The van der Waals surface area contributed by atoms with Gasteiger partial charge >= 0.3 is 0 Å². The minimum absolute atomic E-state index is 0. The smallest absolute Gasteiger partial charge is 0.300 e. The Morgan fingerprint density at radius 1 is 1.67 bits per heavy atom. The molecule has 0 rings (SSSR count). The van der Waals surface area contributed by atoms with Crippen LogP contribution in [0.1, 0.15) is 6.92 Å². The fourth-order valence-corrected chi connectivity index (χ4v) is 0. The van der Waals surface area contributed by atoms with Crippen LogP contribution in [0.25, 0.3) is 0 Å². The van der Waals surface area contributed by atoms with Crippen molar-refractivity contribution in [3.05, 3.63) is 0 Å². The summed E-state index contributed by atoms with van der Waals surface area (Å²) in [7, 11) is 0. The van der Waals surface area contributed by atoms with Crippen molar-refractivity contribution in [2.24, 2.45) is 0 Å². The first-order chi connectivity index (χ1) is 1.73. The third kappa shape index (κ3) is 36.8. The summed E-state index contributed by atoms with van der Waals surface area (Å²) in [6.45, 7) is 1.08. The third-order valence-electron chi connectivity index (χ3n) is 0. The summed E-state index contributed by atoms with van der Waals surface area (Å²) in [5, 5.41) is 7.42. The van der Waals surface area contributed by atoms with Crippen molar-refractivity contribution in [3.8, 4) is 0 Å². The minimum atomic E-state index is -0.833. The van der Waals surface area contributed by atoms with Gasteiger partial charge in [-0.25, -0.2) is 0 Å². The van der Waals surface area contributed by atoms with E-state index in [1.54, 1.807) is 0 Å². The predicted octanol–water partition coefficient (Wildman–Crippen LogP) is 0.0909. The number of carboxylic acid groups (broad SMARTS) is 1. The Labute approximate surface area is 98.0 Å². The second kappa shape index (κ2) is 10.1. The molecule has 0 heterocycles. The standard InChI is InChI=1S/C2H4O2.Ce.La/c1-2(3)4;;/h1H3,(H,3,4);;. The molecule has 0 aromatic carbocycles. The summed E-state index contributed by atoms with van der Waals surface area (Å²) in [6.07, 6.45) is 0. The molecule has 0 aliphatic heterocycles. The number of carbonyl (C=O) groups is 1. The monoisotopic (exact) mass is 339 g/mol. The minimum Gasteiger partial charge on any atom is -0.481 e. The molecule has 6 heavy (non-hydrogen) atoms. The van der Waals surface area contributed by atoms with Crippen molar-refractivity contribution in [1.29, 1.82) is 0 Å². The predicted molar refractivity (Wildman–Crippen MR) is 13.3 cm³/mol. The molecule has 0 bridgehead atoms. The van der Waals surface area contributed by atoms with Crippen LogP contribution >= 0.6 is 0 Å². The van der Waals surface area contributed by atoms with E-state index >= 15 is 0 Å². The maximum absolute atomic E-state index is 9.00. The molecule has 1 N–H and O–H groups in total. The normalized spacial score (nSPS) is 4.17. The molecule has 0 saturated carbocycles. The Morgan fingerprint density at radius 2 is 1.67 bits per heavy atom. The molecule has 0 unspecified atom stereocenters. The van der Waals surface area contributed by atoms with Gasteiger partial charge in [0.05, 0.1) is 0 Å². The molecule has 0 aromatic rings. The Bertz CT molecular complexity index is 34.5. The second-order valence-electron chi connectivity index (χ2n) is 0.519. The maximum Gasteiger partial charge on any atom is 0.300 e. The van der Waals surface area contributed by atoms with Crippen molar-refractivity contribution >= 4 is 5.97 Å². The van der Waals surface area contributed by atoms with Gasteiger partial charge in [-0.1, -0.05) is 0 Å². The molecule has 31 valence electrons. The molecule has 0 amide bonds. The Balaban J connectivity index is -0.0000000450. The summed E-state index contributed by atoms with van der Waals surface area (Å²) in [4.78, 5) is 9.00. The summed E-state index contributed by atoms with van der Waals surface area (Å²) in [5.74, 6) is -0.833. The first-order valence-electron chi connectivity index (χ1n) is 0.928. The number of hydrogen-bond acceptors (Lipinski definition) is 1. The number of aliphatic carboxylic acids is 1. The molecular weight excluding hydrogens is 335 g/mol. The van der Waals surface area contributed by atoms with Crippen molar-refractivity contribution < 1.29 is 87.2 Å². The fraction of sp³-hybridized carbons (Fsp3) is 0.500. The third-order valence-corrected chi connectivity index (χ3v) is 0. The van der Waals surface area contributed by atoms with Crippen LogP contribution in [-0.2, 0) is 4.79 Å². The summed E-state index contributed by atoms with van der Waals surface area (Å²) in [5.41, 5.74) is 0. The fourth-order valence-electron chi connectivity index (χ4n) is 0. The summed E-state index contributed by atoms with van der Waals surface area (Å²) >= 11 is 0. The van der Waals surface area contributed by atoms with Gasteiger partial charge < -0.3 is 5.11 Å². The summed E-state index contributed by atoms with van der Waals surface area (Å²) in [6, 6.07) is 0. The van der Waals surface area contributed by atoms with Crippen LogP contribution in [0.4, 0.5) is 0 Å². The average Bonchev–Trinajstić information content (AvgIpc) is 0.811. The second-order valence-corrected chi connectivity index (χ2v) is 0.519. The Kier molecular flexibility index (Phi) is 26.4. The van der Waals surface area contributed by atoms with Gasteiger partial charge in [0.25, 0.3) is 5.97 Å². The van der Waals surface area contributed by atoms with Crippen molar-refractivity contribution in [2.45, 2.75) is 6.92 Å².